The van der Waals surface area contributed by atoms with Gasteiger partial charge in [-0.3, -0.25) is 14.3 Å². The van der Waals surface area contributed by atoms with Crippen molar-refractivity contribution >= 4 is 11.7 Å². The van der Waals surface area contributed by atoms with Crippen LogP contribution in [0.5, 0.6) is 0 Å². The van der Waals surface area contributed by atoms with Gasteiger partial charge in [-0.15, -0.1) is 0 Å². The minimum atomic E-state index is -0.578. The maximum absolute atomic E-state index is 10.8. The summed E-state index contributed by atoms with van der Waals surface area (Å²) in [4.78, 5) is 23.4. The van der Waals surface area contributed by atoms with Crippen LogP contribution in [-0.2, 0) is 11.3 Å². The summed E-state index contributed by atoms with van der Waals surface area (Å²) in [6.07, 6.45) is 1.33. The van der Waals surface area contributed by atoms with Gasteiger partial charge < -0.3 is 11.5 Å². The topological polar surface area (TPSA) is 107 Å². The predicted octanol–water partition coefficient (Wildman–Crippen LogP) is -1.76. The Labute approximate surface area is 61.8 Å². The molecule has 0 aromatic carbocycles. The second-order valence-corrected chi connectivity index (χ2v) is 2.11. The van der Waals surface area contributed by atoms with E-state index in [4.69, 9.17) is 11.5 Å². The zero-order valence-corrected chi connectivity index (χ0v) is 5.70. The van der Waals surface area contributed by atoms with Gasteiger partial charge in [-0.05, 0) is 0 Å². The second kappa shape index (κ2) is 2.49. The fourth-order valence-corrected chi connectivity index (χ4v) is 0.739. The van der Waals surface area contributed by atoms with Gasteiger partial charge in [0.25, 0.3) is 0 Å². The molecule has 0 radical (unpaired) electrons. The molecule has 1 heterocycles. The molecule has 0 aliphatic heterocycles. The zero-order chi connectivity index (χ0) is 8.43. The fourth-order valence-electron chi connectivity index (χ4n) is 0.739. The number of nitrogens with two attached hydrogens (primary N) is 2. The molecule has 0 bridgehead atoms. The first-order valence-electron chi connectivity index (χ1n) is 2.93. The molecule has 1 rings (SSSR count). The molecule has 1 aromatic heterocycles. The number of nitrogen functional groups attached to an aromatic ring is 1. The summed E-state index contributed by atoms with van der Waals surface area (Å²) in [6, 6.07) is 0. The van der Waals surface area contributed by atoms with E-state index in [-0.39, 0.29) is 12.4 Å². The number of hydrogen-bond donors (Lipinski definition) is 3. The summed E-state index contributed by atoms with van der Waals surface area (Å²) in [5.74, 6) is -0.359. The van der Waals surface area contributed by atoms with Gasteiger partial charge >= 0.3 is 5.69 Å². The number of amides is 1. The standard InChI is InChI=1S/C5H8N4O2/c6-3-1-9(2-4(7)10)5(11)8-3/h1H,2,6H2,(H2,7,10)(H,8,11). The molecular formula is C5H8N4O2. The highest BCUT2D eigenvalue weighted by molar-refractivity contribution is 5.73. The summed E-state index contributed by atoms with van der Waals surface area (Å²) in [5, 5.41) is 0. The molecule has 0 saturated heterocycles. The first-order chi connectivity index (χ1) is 5.09. The van der Waals surface area contributed by atoms with Crippen molar-refractivity contribution in [3.05, 3.63) is 16.7 Å². The van der Waals surface area contributed by atoms with Crippen LogP contribution in [0.3, 0.4) is 0 Å². The zero-order valence-electron chi connectivity index (χ0n) is 5.70. The maximum atomic E-state index is 10.8. The molecular weight excluding hydrogens is 148 g/mol. The SMILES string of the molecule is NC(=O)Cn1cc(N)[nH]c1=O. The molecule has 0 atom stereocenters. The van der Waals surface area contributed by atoms with Crippen LogP contribution < -0.4 is 17.2 Å². The number of hydrogen-bond acceptors (Lipinski definition) is 3. The number of primary amides is 1. The van der Waals surface area contributed by atoms with Crippen LogP contribution >= 0.6 is 0 Å². The predicted molar refractivity (Wildman–Crippen MR) is 38.7 cm³/mol. The van der Waals surface area contributed by atoms with Crippen LogP contribution in [-0.4, -0.2) is 15.5 Å². The van der Waals surface area contributed by atoms with E-state index in [1.54, 1.807) is 0 Å². The van der Waals surface area contributed by atoms with Crippen LogP contribution in [0.4, 0.5) is 5.82 Å². The van der Waals surface area contributed by atoms with Crippen molar-refractivity contribution in [1.82, 2.24) is 9.55 Å². The molecule has 1 aromatic rings. The number of anilines is 1. The van der Waals surface area contributed by atoms with Crippen molar-refractivity contribution in [3.8, 4) is 0 Å². The Morgan fingerprint density at radius 2 is 2.36 bits per heavy atom. The monoisotopic (exact) mass is 156 g/mol. The number of H-pyrrole nitrogens is 1. The number of aromatic nitrogens is 2. The first-order valence-corrected chi connectivity index (χ1v) is 2.93. The third-order valence-corrected chi connectivity index (χ3v) is 1.13. The van der Waals surface area contributed by atoms with Crippen molar-refractivity contribution in [2.24, 2.45) is 5.73 Å². The van der Waals surface area contributed by atoms with Crippen molar-refractivity contribution in [1.29, 1.82) is 0 Å². The Kier molecular flexibility index (Phi) is 1.67. The molecule has 1 amide bonds. The third kappa shape index (κ3) is 1.60. The Bertz CT molecular complexity index is 323. The number of carbonyl (C=O) groups excluding carboxylic acids is 1. The fraction of sp³-hybridized carbons (Fsp3) is 0.200. The Hall–Kier alpha value is -1.72. The Morgan fingerprint density at radius 1 is 1.73 bits per heavy atom. The van der Waals surface area contributed by atoms with Crippen molar-refractivity contribution in [3.63, 3.8) is 0 Å². The van der Waals surface area contributed by atoms with Crippen LogP contribution in [0, 0.1) is 0 Å². The maximum Gasteiger partial charge on any atom is 0.327 e. The van der Waals surface area contributed by atoms with Crippen LogP contribution in [0.1, 0.15) is 0 Å². The molecule has 0 aliphatic carbocycles. The van der Waals surface area contributed by atoms with E-state index in [1.807, 2.05) is 0 Å². The average Bonchev–Trinajstić information content (AvgIpc) is 2.09. The van der Waals surface area contributed by atoms with E-state index in [2.05, 4.69) is 4.98 Å². The molecule has 0 spiro atoms. The molecule has 0 aliphatic rings. The highest BCUT2D eigenvalue weighted by atomic mass is 16.2. The minimum absolute atomic E-state index is 0.146. The van der Waals surface area contributed by atoms with E-state index < -0.39 is 11.6 Å². The van der Waals surface area contributed by atoms with Crippen molar-refractivity contribution < 1.29 is 4.79 Å². The third-order valence-electron chi connectivity index (χ3n) is 1.13. The van der Waals surface area contributed by atoms with Crippen LogP contribution in [0.2, 0.25) is 0 Å². The number of rotatable bonds is 2. The first kappa shape index (κ1) is 7.39. The number of nitrogens with zero attached hydrogens (tertiary/aromatic N) is 1. The van der Waals surface area contributed by atoms with E-state index in [0.717, 1.165) is 4.57 Å². The largest absolute Gasteiger partial charge is 0.384 e. The molecule has 11 heavy (non-hydrogen) atoms. The molecule has 5 N–H and O–H groups in total. The van der Waals surface area contributed by atoms with Gasteiger partial charge in [0, 0.05) is 6.20 Å². The number of aromatic amines is 1. The smallest absolute Gasteiger partial charge is 0.327 e. The lowest BCUT2D eigenvalue weighted by molar-refractivity contribution is -0.118. The lowest BCUT2D eigenvalue weighted by atomic mass is 10.6. The van der Waals surface area contributed by atoms with Gasteiger partial charge in [0.1, 0.15) is 12.4 Å². The Balaban J connectivity index is 2.95. The molecule has 60 valence electrons. The van der Waals surface area contributed by atoms with Gasteiger partial charge in [-0.25, -0.2) is 4.79 Å². The van der Waals surface area contributed by atoms with E-state index in [9.17, 15) is 9.59 Å². The lowest BCUT2D eigenvalue weighted by Gasteiger charge is -1.92. The number of nitrogens with one attached hydrogen (secondary N) is 1. The quantitative estimate of drug-likeness (QED) is 0.472. The summed E-state index contributed by atoms with van der Waals surface area (Å²) in [7, 11) is 0. The molecule has 6 heteroatoms. The van der Waals surface area contributed by atoms with Crippen LogP contribution in [0.15, 0.2) is 11.0 Å². The summed E-state index contributed by atoms with van der Waals surface area (Å²) < 4.78 is 1.11. The van der Waals surface area contributed by atoms with E-state index in [0.29, 0.717) is 0 Å². The van der Waals surface area contributed by atoms with Gasteiger partial charge in [0.2, 0.25) is 5.91 Å². The highest BCUT2D eigenvalue weighted by Crippen LogP contribution is 1.89. The van der Waals surface area contributed by atoms with Gasteiger partial charge in [-0.2, -0.15) is 0 Å². The van der Waals surface area contributed by atoms with Crippen molar-refractivity contribution in [2.75, 3.05) is 5.73 Å². The molecule has 6 nitrogen and oxygen atoms in total. The highest BCUT2D eigenvalue weighted by Gasteiger charge is 2.01. The second-order valence-electron chi connectivity index (χ2n) is 2.11. The van der Waals surface area contributed by atoms with Gasteiger partial charge in [0.15, 0.2) is 0 Å². The summed E-state index contributed by atoms with van der Waals surface area (Å²) >= 11 is 0. The Morgan fingerprint density at radius 3 is 2.73 bits per heavy atom. The van der Waals surface area contributed by atoms with Gasteiger partial charge in [0.05, 0.1) is 0 Å². The van der Waals surface area contributed by atoms with E-state index in [1.165, 1.54) is 6.20 Å². The minimum Gasteiger partial charge on any atom is -0.384 e. The molecule has 0 fully saturated rings. The lowest BCUT2D eigenvalue weighted by Crippen LogP contribution is -2.25. The van der Waals surface area contributed by atoms with Crippen molar-refractivity contribution in [2.45, 2.75) is 6.54 Å². The summed E-state index contributed by atoms with van der Waals surface area (Å²) in [5.41, 5.74) is 9.65. The van der Waals surface area contributed by atoms with Crippen LogP contribution in [0.25, 0.3) is 0 Å². The summed E-state index contributed by atoms with van der Waals surface area (Å²) in [6.45, 7) is -0.146. The number of carbonyl (C=O) groups is 1. The normalized spacial score (nSPS) is 9.82. The molecule has 0 saturated carbocycles. The number of imidazole rings is 1. The van der Waals surface area contributed by atoms with E-state index >= 15 is 0 Å². The van der Waals surface area contributed by atoms with Gasteiger partial charge in [-0.1, -0.05) is 0 Å². The molecule has 0 unspecified atom stereocenters. The average molecular weight is 156 g/mol.